The molecule has 3 aromatic rings. The molecule has 0 N–H and O–H groups in total. The van der Waals surface area contributed by atoms with Crippen molar-refractivity contribution in [2.24, 2.45) is 0 Å². The predicted molar refractivity (Wildman–Crippen MR) is 135 cm³/mol. The molecule has 198 valence electrons. The summed E-state index contributed by atoms with van der Waals surface area (Å²) < 4.78 is 40.4. The molecule has 0 spiro atoms. The highest BCUT2D eigenvalue weighted by atomic mass is 19.3. The topological polar surface area (TPSA) is 88.9 Å². The lowest BCUT2D eigenvalue weighted by Crippen LogP contribution is -2.50. The molecule has 0 aliphatic carbocycles. The second-order valence-electron chi connectivity index (χ2n) is 9.29. The third-order valence-corrected chi connectivity index (χ3v) is 7.07. The van der Waals surface area contributed by atoms with Gasteiger partial charge in [-0.25, -0.2) is 13.8 Å². The Hall–Kier alpha value is -3.38. The highest BCUT2D eigenvalue weighted by Crippen LogP contribution is 2.31. The lowest BCUT2D eigenvalue weighted by Gasteiger charge is -2.39. The van der Waals surface area contributed by atoms with E-state index in [-0.39, 0.29) is 30.6 Å². The summed E-state index contributed by atoms with van der Waals surface area (Å²) in [7, 11) is 1.50. The van der Waals surface area contributed by atoms with Gasteiger partial charge in [-0.1, -0.05) is 12.1 Å². The average molecular weight is 516 g/mol. The average Bonchev–Trinajstić information content (AvgIpc) is 3.30. The molecule has 0 saturated carbocycles. The minimum atomic E-state index is -2.80. The molecule has 12 heteroatoms. The van der Waals surface area contributed by atoms with Crippen molar-refractivity contribution in [3.63, 3.8) is 0 Å². The molecule has 4 heterocycles. The second-order valence-corrected chi connectivity index (χ2v) is 9.29. The summed E-state index contributed by atoms with van der Waals surface area (Å²) in [6.07, 6.45) is -2.82. The molecule has 10 nitrogen and oxygen atoms in total. The Morgan fingerprint density at radius 3 is 2.54 bits per heavy atom. The van der Waals surface area contributed by atoms with Crippen molar-refractivity contribution in [2.75, 3.05) is 62.8 Å². The molecule has 1 aromatic carbocycles. The maximum Gasteiger partial charge on any atom is 0.296 e. The SMILES string of the molecule is COCC(=O)N1CCN(c2cc(N3CCO[C@H](C)[C@@H]3C)nc(-n3c(C(F)F)nc4ccccc43)n2)CC1. The molecular formula is C25H31F2N7O3. The number of fused-ring (bicyclic) bond motifs is 1. The molecule has 2 aliphatic heterocycles. The number of morpholine rings is 1. The molecule has 0 bridgehead atoms. The van der Waals surface area contributed by atoms with Gasteiger partial charge in [-0.05, 0) is 26.0 Å². The Balaban J connectivity index is 1.57. The van der Waals surface area contributed by atoms with Crippen LogP contribution in [0.2, 0.25) is 0 Å². The van der Waals surface area contributed by atoms with Gasteiger partial charge in [0.2, 0.25) is 11.9 Å². The van der Waals surface area contributed by atoms with E-state index in [1.165, 1.54) is 11.7 Å². The number of anilines is 2. The molecule has 2 aromatic heterocycles. The number of carbonyl (C=O) groups is 1. The van der Waals surface area contributed by atoms with E-state index in [2.05, 4.69) is 21.7 Å². The van der Waals surface area contributed by atoms with Gasteiger partial charge in [-0.2, -0.15) is 9.97 Å². The number of ether oxygens (including phenoxy) is 2. The molecule has 0 radical (unpaired) electrons. The number of nitrogens with zero attached hydrogens (tertiary/aromatic N) is 7. The first kappa shape index (κ1) is 25.3. The van der Waals surface area contributed by atoms with Crippen LogP contribution < -0.4 is 9.80 Å². The summed E-state index contributed by atoms with van der Waals surface area (Å²) in [6.45, 7) is 7.38. The van der Waals surface area contributed by atoms with Crippen molar-refractivity contribution in [3.8, 4) is 5.95 Å². The van der Waals surface area contributed by atoms with Gasteiger partial charge in [0.1, 0.15) is 18.2 Å². The van der Waals surface area contributed by atoms with Gasteiger partial charge in [-0.15, -0.1) is 0 Å². The van der Waals surface area contributed by atoms with E-state index >= 15 is 0 Å². The number of aromatic nitrogens is 4. The van der Waals surface area contributed by atoms with E-state index in [0.717, 1.165) is 0 Å². The highest BCUT2D eigenvalue weighted by Gasteiger charge is 2.30. The van der Waals surface area contributed by atoms with Gasteiger partial charge in [0.05, 0.1) is 29.8 Å². The van der Waals surface area contributed by atoms with Crippen LogP contribution in [0.5, 0.6) is 0 Å². The van der Waals surface area contributed by atoms with Gasteiger partial charge < -0.3 is 24.2 Å². The first-order chi connectivity index (χ1) is 17.9. The van der Waals surface area contributed by atoms with E-state index in [1.54, 1.807) is 29.2 Å². The minimum Gasteiger partial charge on any atom is -0.375 e. The zero-order valence-corrected chi connectivity index (χ0v) is 21.2. The molecule has 37 heavy (non-hydrogen) atoms. The number of methoxy groups -OCH3 is 1. The number of hydrogen-bond acceptors (Lipinski definition) is 8. The number of piperazine rings is 1. The molecule has 2 saturated heterocycles. The van der Waals surface area contributed by atoms with Crippen molar-refractivity contribution < 1.29 is 23.0 Å². The van der Waals surface area contributed by atoms with Crippen molar-refractivity contribution in [1.29, 1.82) is 0 Å². The maximum atomic E-state index is 14.1. The van der Waals surface area contributed by atoms with Crippen LogP contribution in [-0.2, 0) is 14.3 Å². The van der Waals surface area contributed by atoms with Gasteiger partial charge in [0.25, 0.3) is 6.43 Å². The van der Waals surface area contributed by atoms with Crippen LogP contribution in [0.3, 0.4) is 0 Å². The molecule has 2 atom stereocenters. The van der Waals surface area contributed by atoms with Gasteiger partial charge in [0, 0.05) is 45.9 Å². The van der Waals surface area contributed by atoms with Crippen LogP contribution in [0.1, 0.15) is 26.1 Å². The molecule has 1 amide bonds. The van der Waals surface area contributed by atoms with E-state index in [4.69, 9.17) is 19.4 Å². The first-order valence-electron chi connectivity index (χ1n) is 12.4. The number of alkyl halides is 2. The summed E-state index contributed by atoms with van der Waals surface area (Å²) in [5, 5.41) is 0. The second kappa shape index (κ2) is 10.5. The van der Waals surface area contributed by atoms with E-state index in [1.807, 2.05) is 13.0 Å². The van der Waals surface area contributed by atoms with Crippen LogP contribution in [0.25, 0.3) is 17.0 Å². The molecule has 2 aliphatic rings. The first-order valence-corrected chi connectivity index (χ1v) is 12.4. The minimum absolute atomic E-state index is 0.0170. The van der Waals surface area contributed by atoms with Crippen LogP contribution >= 0.6 is 0 Å². The summed E-state index contributed by atoms with van der Waals surface area (Å²) in [5.41, 5.74) is 0.964. The van der Waals surface area contributed by atoms with Crippen molar-refractivity contribution in [3.05, 3.63) is 36.2 Å². The Kier molecular flexibility index (Phi) is 7.20. The van der Waals surface area contributed by atoms with E-state index in [9.17, 15) is 13.6 Å². The normalized spacial score (nSPS) is 20.8. The zero-order valence-electron chi connectivity index (χ0n) is 21.2. The quantitative estimate of drug-likeness (QED) is 0.495. The van der Waals surface area contributed by atoms with E-state index < -0.39 is 12.2 Å². The summed E-state index contributed by atoms with van der Waals surface area (Å²) in [6, 6.07) is 8.91. The van der Waals surface area contributed by atoms with E-state index in [0.29, 0.717) is 62.0 Å². The number of para-hydroxylation sites is 2. The number of imidazole rings is 1. The molecular weight excluding hydrogens is 484 g/mol. The Bertz CT molecular complexity index is 1260. The maximum absolute atomic E-state index is 14.1. The Labute approximate surface area is 213 Å². The Morgan fingerprint density at radius 2 is 1.81 bits per heavy atom. The van der Waals surface area contributed by atoms with Crippen molar-refractivity contribution >= 4 is 28.6 Å². The molecule has 0 unspecified atom stereocenters. The summed E-state index contributed by atoms with van der Waals surface area (Å²) in [5.74, 6) is 0.930. The highest BCUT2D eigenvalue weighted by molar-refractivity contribution is 5.78. The van der Waals surface area contributed by atoms with Crippen molar-refractivity contribution in [2.45, 2.75) is 32.4 Å². The third-order valence-electron chi connectivity index (χ3n) is 7.07. The number of halogens is 2. The predicted octanol–water partition coefficient (Wildman–Crippen LogP) is 2.66. The van der Waals surface area contributed by atoms with Crippen molar-refractivity contribution in [1.82, 2.24) is 24.4 Å². The summed E-state index contributed by atoms with van der Waals surface area (Å²) in [4.78, 5) is 31.9. The smallest absolute Gasteiger partial charge is 0.296 e. The lowest BCUT2D eigenvalue weighted by molar-refractivity contribution is -0.135. The van der Waals surface area contributed by atoms with Gasteiger partial charge >= 0.3 is 0 Å². The van der Waals surface area contributed by atoms with Crippen LogP contribution in [0, 0.1) is 0 Å². The zero-order chi connectivity index (χ0) is 26.1. The number of rotatable bonds is 6. The fraction of sp³-hybridized carbons (Fsp3) is 0.520. The molecule has 5 rings (SSSR count). The summed E-state index contributed by atoms with van der Waals surface area (Å²) >= 11 is 0. The lowest BCUT2D eigenvalue weighted by atomic mass is 10.1. The van der Waals surface area contributed by atoms with Crippen LogP contribution in [-0.4, -0.2) is 95.5 Å². The third kappa shape index (κ3) is 4.95. The van der Waals surface area contributed by atoms with Crippen LogP contribution in [0.15, 0.2) is 30.3 Å². The van der Waals surface area contributed by atoms with Gasteiger partial charge in [0.15, 0.2) is 5.82 Å². The molecule has 2 fully saturated rings. The Morgan fingerprint density at radius 1 is 1.08 bits per heavy atom. The van der Waals surface area contributed by atoms with Crippen LogP contribution in [0.4, 0.5) is 20.4 Å². The number of amides is 1. The number of carbonyl (C=O) groups excluding carboxylic acids is 1. The fourth-order valence-corrected chi connectivity index (χ4v) is 4.88. The monoisotopic (exact) mass is 515 g/mol. The largest absolute Gasteiger partial charge is 0.375 e. The number of benzene rings is 1. The fourth-order valence-electron chi connectivity index (χ4n) is 4.88. The van der Waals surface area contributed by atoms with Gasteiger partial charge in [-0.3, -0.25) is 9.36 Å². The number of hydrogen-bond donors (Lipinski definition) is 0. The standard InChI is InChI=1S/C25H31F2N7O3/c1-16-17(2)37-13-12-33(16)21-14-20(31-8-10-32(11-9-31)22(35)15-36-3)29-25(30-21)34-19-7-5-4-6-18(19)28-24(34)23(26)27/h4-7,14,16-17,23H,8-13,15H2,1-3H3/t16-,17+/m0/s1.